The second-order valence-electron chi connectivity index (χ2n) is 5.05. The van der Waals surface area contributed by atoms with Crippen molar-refractivity contribution in [3.63, 3.8) is 0 Å². The summed E-state index contributed by atoms with van der Waals surface area (Å²) in [4.78, 5) is 25.6. The van der Waals surface area contributed by atoms with Crippen LogP contribution in [0.25, 0.3) is 0 Å². The average Bonchev–Trinajstić information content (AvgIpc) is 2.78. The fourth-order valence-electron chi connectivity index (χ4n) is 2.15. The smallest absolute Gasteiger partial charge is 0.241 e. The molecule has 124 valence electrons. The Morgan fingerprint density at radius 2 is 2.13 bits per heavy atom. The van der Waals surface area contributed by atoms with E-state index >= 15 is 0 Å². The Hall–Kier alpha value is -0.820. The molecule has 0 bridgehead atoms. The molecule has 1 fully saturated rings. The van der Waals surface area contributed by atoms with Crippen LogP contribution in [0.4, 0.5) is 5.69 Å². The lowest BCUT2D eigenvalue weighted by Crippen LogP contribution is -2.32. The third kappa shape index (κ3) is 4.83. The molecule has 23 heavy (non-hydrogen) atoms. The second-order valence-corrected chi connectivity index (χ2v) is 7.70. The second kappa shape index (κ2) is 8.33. The summed E-state index contributed by atoms with van der Waals surface area (Å²) in [6, 6.07) is 4.92. The molecule has 0 aliphatic carbocycles. The lowest BCUT2D eigenvalue weighted by molar-refractivity contribution is -0.126. The molecule has 1 N–H and O–H groups in total. The van der Waals surface area contributed by atoms with Crippen molar-refractivity contribution in [2.24, 2.45) is 0 Å². The van der Waals surface area contributed by atoms with Crippen LogP contribution in [0.5, 0.6) is 0 Å². The van der Waals surface area contributed by atoms with Crippen molar-refractivity contribution in [2.45, 2.75) is 31.4 Å². The van der Waals surface area contributed by atoms with Gasteiger partial charge in [-0.25, -0.2) is 0 Å². The molecule has 2 amide bonds. The minimum atomic E-state index is -0.138. The van der Waals surface area contributed by atoms with Gasteiger partial charge in [-0.3, -0.25) is 14.5 Å². The molecule has 1 saturated heterocycles. The summed E-state index contributed by atoms with van der Waals surface area (Å²) < 4.78 is 0.603. The van der Waals surface area contributed by atoms with E-state index in [0.29, 0.717) is 39.4 Å². The van der Waals surface area contributed by atoms with E-state index in [1.165, 1.54) is 11.8 Å². The Morgan fingerprint density at radius 1 is 1.39 bits per heavy atom. The van der Waals surface area contributed by atoms with Gasteiger partial charge in [0.1, 0.15) is 4.32 Å². The minimum Gasteiger partial charge on any atom is -0.326 e. The number of carbonyl (C=O) groups is 2. The third-order valence-electron chi connectivity index (χ3n) is 3.36. The zero-order valence-corrected chi connectivity index (χ0v) is 15.6. The highest BCUT2D eigenvalue weighted by Crippen LogP contribution is 2.29. The first-order chi connectivity index (χ1) is 10.9. The molecule has 0 aromatic heterocycles. The molecule has 1 heterocycles. The van der Waals surface area contributed by atoms with Crippen molar-refractivity contribution in [2.75, 3.05) is 11.9 Å². The van der Waals surface area contributed by atoms with Crippen LogP contribution in [0.1, 0.15) is 26.2 Å². The van der Waals surface area contributed by atoms with E-state index < -0.39 is 0 Å². The Balaban J connectivity index is 1.80. The maximum absolute atomic E-state index is 12.1. The first-order valence-corrected chi connectivity index (χ1v) is 9.23. The van der Waals surface area contributed by atoms with Gasteiger partial charge < -0.3 is 5.32 Å². The van der Waals surface area contributed by atoms with Crippen molar-refractivity contribution >= 4 is 69.0 Å². The van der Waals surface area contributed by atoms with Gasteiger partial charge >= 0.3 is 0 Å². The van der Waals surface area contributed by atoms with Gasteiger partial charge in [0.25, 0.3) is 0 Å². The quantitative estimate of drug-likeness (QED) is 0.733. The molecule has 0 saturated carbocycles. The van der Waals surface area contributed by atoms with E-state index in [-0.39, 0.29) is 17.1 Å². The van der Waals surface area contributed by atoms with Crippen LogP contribution in [0.15, 0.2) is 18.2 Å². The van der Waals surface area contributed by atoms with Crippen LogP contribution in [-0.2, 0) is 9.59 Å². The SMILES string of the molecule is CCC1SC(=S)N(CCCC(=O)Nc2ccc(Cl)c(Cl)c2)C1=O. The van der Waals surface area contributed by atoms with Gasteiger partial charge in [-0.1, -0.05) is 54.1 Å². The Morgan fingerprint density at radius 3 is 2.74 bits per heavy atom. The standard InChI is InChI=1S/C15H16Cl2N2O2S2/c1-2-12-14(21)19(15(22)23-12)7-3-4-13(20)18-9-5-6-10(16)11(17)8-9/h5-6,8,12H,2-4,7H2,1H3,(H,18,20). The largest absolute Gasteiger partial charge is 0.326 e. The number of carbonyl (C=O) groups excluding carboxylic acids is 2. The van der Waals surface area contributed by atoms with E-state index in [4.69, 9.17) is 35.4 Å². The fourth-order valence-corrected chi connectivity index (χ4v) is 3.93. The monoisotopic (exact) mass is 390 g/mol. The number of nitrogens with zero attached hydrogens (tertiary/aromatic N) is 1. The van der Waals surface area contributed by atoms with Gasteiger partial charge in [-0.2, -0.15) is 0 Å². The molecular formula is C15H16Cl2N2O2S2. The highest BCUT2D eigenvalue weighted by Gasteiger charge is 2.35. The molecule has 0 spiro atoms. The number of hydrogen-bond donors (Lipinski definition) is 1. The molecule has 1 aliphatic heterocycles. The van der Waals surface area contributed by atoms with Crippen LogP contribution < -0.4 is 5.32 Å². The lowest BCUT2D eigenvalue weighted by atomic mass is 10.2. The maximum Gasteiger partial charge on any atom is 0.241 e. The number of halogens is 2. The van der Waals surface area contributed by atoms with Gasteiger partial charge in [0, 0.05) is 18.7 Å². The molecule has 0 radical (unpaired) electrons. The van der Waals surface area contributed by atoms with Gasteiger partial charge in [-0.15, -0.1) is 0 Å². The van der Waals surface area contributed by atoms with Crippen LogP contribution in [-0.4, -0.2) is 32.8 Å². The van der Waals surface area contributed by atoms with Crippen LogP contribution in [0, 0.1) is 0 Å². The highest BCUT2D eigenvalue weighted by molar-refractivity contribution is 8.24. The van der Waals surface area contributed by atoms with Gasteiger partial charge in [-0.05, 0) is 31.0 Å². The third-order valence-corrected chi connectivity index (χ3v) is 5.85. The molecule has 1 aromatic rings. The lowest BCUT2D eigenvalue weighted by Gasteiger charge is -2.15. The highest BCUT2D eigenvalue weighted by atomic mass is 35.5. The van der Waals surface area contributed by atoms with Crippen molar-refractivity contribution in [1.82, 2.24) is 4.90 Å². The van der Waals surface area contributed by atoms with Gasteiger partial charge in [0.2, 0.25) is 11.8 Å². The average molecular weight is 391 g/mol. The number of rotatable bonds is 6. The zero-order valence-electron chi connectivity index (χ0n) is 12.5. The predicted octanol–water partition coefficient (Wildman–Crippen LogP) is 4.35. The number of hydrogen-bond acceptors (Lipinski definition) is 4. The van der Waals surface area contributed by atoms with E-state index in [9.17, 15) is 9.59 Å². The molecule has 2 rings (SSSR count). The van der Waals surface area contributed by atoms with E-state index in [2.05, 4.69) is 5.32 Å². The minimum absolute atomic E-state index is 0.0485. The first-order valence-electron chi connectivity index (χ1n) is 7.19. The van der Waals surface area contributed by atoms with E-state index in [1.54, 1.807) is 23.1 Å². The fraction of sp³-hybridized carbons (Fsp3) is 0.400. The predicted molar refractivity (Wildman–Crippen MR) is 100 cm³/mol. The molecular weight excluding hydrogens is 375 g/mol. The molecule has 1 unspecified atom stereocenters. The molecule has 8 heteroatoms. The van der Waals surface area contributed by atoms with Crippen molar-refractivity contribution in [3.05, 3.63) is 28.2 Å². The Kier molecular flexibility index (Phi) is 6.71. The van der Waals surface area contributed by atoms with Gasteiger partial charge in [0.05, 0.1) is 15.3 Å². The number of anilines is 1. The number of amides is 2. The summed E-state index contributed by atoms with van der Waals surface area (Å²) in [5, 5.41) is 3.51. The number of thiocarbonyl (C=S) groups is 1. The maximum atomic E-state index is 12.1. The van der Waals surface area contributed by atoms with Crippen molar-refractivity contribution in [3.8, 4) is 0 Å². The van der Waals surface area contributed by atoms with Crippen LogP contribution in [0.3, 0.4) is 0 Å². The molecule has 1 aromatic carbocycles. The van der Waals surface area contributed by atoms with Crippen LogP contribution >= 0.6 is 47.2 Å². The summed E-state index contributed by atoms with van der Waals surface area (Å²) in [6.45, 7) is 2.43. The van der Waals surface area contributed by atoms with E-state index in [0.717, 1.165) is 6.42 Å². The van der Waals surface area contributed by atoms with Crippen molar-refractivity contribution in [1.29, 1.82) is 0 Å². The van der Waals surface area contributed by atoms with E-state index in [1.807, 2.05) is 6.92 Å². The molecule has 1 aliphatic rings. The summed E-state index contributed by atoms with van der Waals surface area (Å²) in [7, 11) is 0. The Labute approximate surface area is 154 Å². The summed E-state index contributed by atoms with van der Waals surface area (Å²) in [5.41, 5.74) is 0.596. The normalized spacial score (nSPS) is 17.7. The molecule has 1 atom stereocenters. The number of nitrogens with one attached hydrogen (secondary N) is 1. The van der Waals surface area contributed by atoms with Gasteiger partial charge in [0.15, 0.2) is 0 Å². The summed E-state index contributed by atoms with van der Waals surface area (Å²) in [6.07, 6.45) is 1.61. The molecule has 4 nitrogen and oxygen atoms in total. The topological polar surface area (TPSA) is 49.4 Å². The summed E-state index contributed by atoms with van der Waals surface area (Å²) >= 11 is 18.4. The van der Waals surface area contributed by atoms with Crippen molar-refractivity contribution < 1.29 is 9.59 Å². The first kappa shape index (κ1) is 18.5. The Bertz CT molecular complexity index is 640. The summed E-state index contributed by atoms with van der Waals surface area (Å²) in [5.74, 6) is -0.0898. The zero-order chi connectivity index (χ0) is 17.0. The number of benzene rings is 1. The number of thioether (sulfide) groups is 1. The van der Waals surface area contributed by atoms with Crippen LogP contribution in [0.2, 0.25) is 10.0 Å².